The van der Waals surface area contributed by atoms with Crippen molar-refractivity contribution in [2.45, 2.75) is 64.8 Å². The number of aliphatic hydroxyl groups is 2. The lowest BCUT2D eigenvalue weighted by Gasteiger charge is -2.36. The van der Waals surface area contributed by atoms with Crippen LogP contribution in [0, 0.1) is 11.8 Å². The van der Waals surface area contributed by atoms with E-state index < -0.39 is 17.8 Å². The van der Waals surface area contributed by atoms with Crippen LogP contribution in [0.15, 0.2) is 0 Å². The molecule has 4 heteroatoms. The second-order valence-electron chi connectivity index (χ2n) is 5.93. The molecular formula is C13H24O4. The van der Waals surface area contributed by atoms with Gasteiger partial charge in [0, 0.05) is 0 Å². The fourth-order valence-electron chi connectivity index (χ4n) is 2.33. The first kappa shape index (κ1) is 14.5. The summed E-state index contributed by atoms with van der Waals surface area (Å²) in [6.45, 7) is 7.45. The molecule has 4 atom stereocenters. The summed E-state index contributed by atoms with van der Waals surface area (Å²) in [6.07, 6.45) is 0.137. The van der Waals surface area contributed by atoms with Crippen LogP contribution in [-0.4, -0.2) is 34.0 Å². The van der Waals surface area contributed by atoms with Crippen LogP contribution in [0.5, 0.6) is 0 Å². The molecule has 0 radical (unpaired) electrons. The molecule has 100 valence electrons. The van der Waals surface area contributed by atoms with E-state index in [1.54, 1.807) is 0 Å². The number of ether oxygens (including phenoxy) is 1. The Bertz CT molecular complexity index is 269. The SMILES string of the molecule is CCC1CC(C(=O)OC(C)(C)C)C[C@@H](O)[C@@H]1O. The topological polar surface area (TPSA) is 66.8 Å². The Morgan fingerprint density at radius 3 is 2.35 bits per heavy atom. The Labute approximate surface area is 103 Å². The lowest BCUT2D eigenvalue weighted by Crippen LogP contribution is -2.44. The first-order valence-electron chi connectivity index (χ1n) is 6.33. The molecule has 1 saturated carbocycles. The molecule has 0 heterocycles. The van der Waals surface area contributed by atoms with Gasteiger partial charge in [0.25, 0.3) is 0 Å². The van der Waals surface area contributed by atoms with E-state index in [9.17, 15) is 15.0 Å². The summed E-state index contributed by atoms with van der Waals surface area (Å²) in [6, 6.07) is 0. The molecule has 0 amide bonds. The molecular weight excluding hydrogens is 220 g/mol. The van der Waals surface area contributed by atoms with Crippen molar-refractivity contribution in [1.82, 2.24) is 0 Å². The summed E-state index contributed by atoms with van der Waals surface area (Å²) in [5.41, 5.74) is -0.500. The van der Waals surface area contributed by atoms with Crippen LogP contribution in [0.1, 0.15) is 47.0 Å². The van der Waals surface area contributed by atoms with Gasteiger partial charge in [-0.2, -0.15) is 0 Å². The van der Waals surface area contributed by atoms with Gasteiger partial charge in [0.15, 0.2) is 0 Å². The van der Waals surface area contributed by atoms with Gasteiger partial charge in [-0.1, -0.05) is 13.3 Å². The van der Waals surface area contributed by atoms with E-state index in [1.165, 1.54) is 0 Å². The largest absolute Gasteiger partial charge is 0.460 e. The number of rotatable bonds is 2. The monoisotopic (exact) mass is 244 g/mol. The van der Waals surface area contributed by atoms with Crippen LogP contribution < -0.4 is 0 Å². The molecule has 17 heavy (non-hydrogen) atoms. The minimum absolute atomic E-state index is 0.0173. The number of hydrogen-bond acceptors (Lipinski definition) is 4. The molecule has 0 aromatic rings. The zero-order chi connectivity index (χ0) is 13.2. The van der Waals surface area contributed by atoms with Gasteiger partial charge in [0.05, 0.1) is 18.1 Å². The van der Waals surface area contributed by atoms with Gasteiger partial charge in [-0.05, 0) is 39.5 Å². The number of carbonyl (C=O) groups excluding carboxylic acids is 1. The van der Waals surface area contributed by atoms with Gasteiger partial charge in [-0.25, -0.2) is 0 Å². The zero-order valence-electron chi connectivity index (χ0n) is 11.1. The van der Waals surface area contributed by atoms with Crippen molar-refractivity contribution in [3.8, 4) is 0 Å². The summed E-state index contributed by atoms with van der Waals surface area (Å²) < 4.78 is 5.32. The number of esters is 1. The van der Waals surface area contributed by atoms with E-state index in [0.29, 0.717) is 12.8 Å². The van der Waals surface area contributed by atoms with Crippen molar-refractivity contribution < 1.29 is 19.7 Å². The third kappa shape index (κ3) is 3.96. The Hall–Kier alpha value is -0.610. The maximum absolute atomic E-state index is 11.9. The molecule has 0 aromatic carbocycles. The lowest BCUT2D eigenvalue weighted by atomic mass is 9.76. The van der Waals surface area contributed by atoms with Gasteiger partial charge in [-0.15, -0.1) is 0 Å². The highest BCUT2D eigenvalue weighted by Gasteiger charge is 2.39. The standard InChI is InChI=1S/C13H24O4/c1-5-8-6-9(7-10(14)11(8)15)12(16)17-13(2,3)4/h8-11,14-15H,5-7H2,1-4H3/t8?,9?,10-,11-/m1/s1. The quantitative estimate of drug-likeness (QED) is 0.722. The lowest BCUT2D eigenvalue weighted by molar-refractivity contribution is -0.166. The van der Waals surface area contributed by atoms with Crippen LogP contribution in [0.2, 0.25) is 0 Å². The van der Waals surface area contributed by atoms with E-state index >= 15 is 0 Å². The van der Waals surface area contributed by atoms with Crippen molar-refractivity contribution >= 4 is 5.97 Å². The van der Waals surface area contributed by atoms with E-state index in [0.717, 1.165) is 6.42 Å². The van der Waals surface area contributed by atoms with Crippen molar-refractivity contribution in [1.29, 1.82) is 0 Å². The maximum atomic E-state index is 11.9. The molecule has 1 aliphatic carbocycles. The molecule has 0 saturated heterocycles. The Morgan fingerprint density at radius 2 is 1.88 bits per heavy atom. The summed E-state index contributed by atoms with van der Waals surface area (Å²) in [7, 11) is 0. The van der Waals surface area contributed by atoms with Crippen molar-refractivity contribution in [2.24, 2.45) is 11.8 Å². The molecule has 2 unspecified atom stereocenters. The third-order valence-electron chi connectivity index (χ3n) is 3.25. The fourth-order valence-corrected chi connectivity index (χ4v) is 2.33. The highest BCUT2D eigenvalue weighted by Crippen LogP contribution is 2.33. The molecule has 2 N–H and O–H groups in total. The van der Waals surface area contributed by atoms with Crippen LogP contribution in [-0.2, 0) is 9.53 Å². The first-order chi connectivity index (χ1) is 7.74. The predicted octanol–water partition coefficient (Wildman–Crippen LogP) is 1.49. The predicted molar refractivity (Wildman–Crippen MR) is 64.4 cm³/mol. The molecule has 0 spiro atoms. The van der Waals surface area contributed by atoms with E-state index in [1.807, 2.05) is 27.7 Å². The Kier molecular flexibility index (Phi) is 4.55. The van der Waals surface area contributed by atoms with Crippen molar-refractivity contribution in [3.63, 3.8) is 0 Å². The molecule has 1 rings (SSSR count). The average Bonchev–Trinajstić information content (AvgIpc) is 2.19. The normalized spacial score (nSPS) is 34.5. The molecule has 0 aromatic heterocycles. The third-order valence-corrected chi connectivity index (χ3v) is 3.25. The second-order valence-corrected chi connectivity index (χ2v) is 5.93. The fraction of sp³-hybridized carbons (Fsp3) is 0.923. The van der Waals surface area contributed by atoms with Crippen molar-refractivity contribution in [2.75, 3.05) is 0 Å². The van der Waals surface area contributed by atoms with E-state index in [-0.39, 0.29) is 17.8 Å². The summed E-state index contributed by atoms with van der Waals surface area (Å²) in [5.74, 6) is -0.573. The zero-order valence-corrected chi connectivity index (χ0v) is 11.1. The molecule has 1 aliphatic rings. The molecule has 1 fully saturated rings. The van der Waals surface area contributed by atoms with Gasteiger partial charge in [-0.3, -0.25) is 4.79 Å². The average molecular weight is 244 g/mol. The van der Waals surface area contributed by atoms with Crippen molar-refractivity contribution in [3.05, 3.63) is 0 Å². The van der Waals surface area contributed by atoms with Gasteiger partial charge < -0.3 is 14.9 Å². The van der Waals surface area contributed by atoms with Gasteiger partial charge >= 0.3 is 5.97 Å². The molecule has 0 aliphatic heterocycles. The molecule has 0 bridgehead atoms. The Balaban J connectivity index is 2.63. The first-order valence-corrected chi connectivity index (χ1v) is 6.33. The van der Waals surface area contributed by atoms with Crippen LogP contribution in [0.25, 0.3) is 0 Å². The van der Waals surface area contributed by atoms with Crippen LogP contribution in [0.4, 0.5) is 0 Å². The minimum atomic E-state index is -0.814. The van der Waals surface area contributed by atoms with E-state index in [4.69, 9.17) is 4.74 Å². The highest BCUT2D eigenvalue weighted by atomic mass is 16.6. The number of aliphatic hydroxyl groups excluding tert-OH is 2. The second kappa shape index (κ2) is 5.36. The Morgan fingerprint density at radius 1 is 1.29 bits per heavy atom. The van der Waals surface area contributed by atoms with E-state index in [2.05, 4.69) is 0 Å². The minimum Gasteiger partial charge on any atom is -0.460 e. The van der Waals surface area contributed by atoms with Gasteiger partial charge in [0.1, 0.15) is 5.60 Å². The maximum Gasteiger partial charge on any atom is 0.309 e. The summed E-state index contributed by atoms with van der Waals surface area (Å²) in [5, 5.41) is 19.5. The van der Waals surface area contributed by atoms with Crippen LogP contribution >= 0.6 is 0 Å². The number of carbonyl (C=O) groups is 1. The number of hydrogen-bond donors (Lipinski definition) is 2. The van der Waals surface area contributed by atoms with Gasteiger partial charge in [0.2, 0.25) is 0 Å². The highest BCUT2D eigenvalue weighted by molar-refractivity contribution is 5.73. The summed E-state index contributed by atoms with van der Waals surface area (Å²) in [4.78, 5) is 11.9. The summed E-state index contributed by atoms with van der Waals surface area (Å²) >= 11 is 0. The van der Waals surface area contributed by atoms with Crippen LogP contribution in [0.3, 0.4) is 0 Å². The molecule has 4 nitrogen and oxygen atoms in total. The smallest absolute Gasteiger partial charge is 0.309 e.